The third kappa shape index (κ3) is 4.66. The molecule has 8 nitrogen and oxygen atoms in total. The van der Waals surface area contributed by atoms with Crippen LogP contribution in [0.2, 0.25) is 0 Å². The van der Waals surface area contributed by atoms with E-state index in [0.717, 1.165) is 28.6 Å². The smallest absolute Gasteiger partial charge is 0.243 e. The highest BCUT2D eigenvalue weighted by molar-refractivity contribution is 7.89. The van der Waals surface area contributed by atoms with Crippen LogP contribution in [0, 0.1) is 0 Å². The lowest BCUT2D eigenvalue weighted by molar-refractivity contribution is -0.125. The number of ether oxygens (including phenoxy) is 1. The lowest BCUT2D eigenvalue weighted by Crippen LogP contribution is -2.54. The first kappa shape index (κ1) is 22.7. The lowest BCUT2D eigenvalue weighted by Gasteiger charge is -2.35. The van der Waals surface area contributed by atoms with Gasteiger partial charge in [0.25, 0.3) is 0 Å². The van der Waals surface area contributed by atoms with Gasteiger partial charge in [0.1, 0.15) is 6.04 Å². The van der Waals surface area contributed by atoms with Crippen LogP contribution in [-0.2, 0) is 32.4 Å². The van der Waals surface area contributed by atoms with Gasteiger partial charge < -0.3 is 20.1 Å². The summed E-state index contributed by atoms with van der Waals surface area (Å²) in [5.74, 6) is -0.409. The Kier molecular flexibility index (Phi) is 6.80. The van der Waals surface area contributed by atoms with Crippen LogP contribution in [0.25, 0.3) is 0 Å². The van der Waals surface area contributed by atoms with E-state index in [9.17, 15) is 18.3 Å². The molecule has 2 atom stereocenters. The molecule has 1 amide bonds. The van der Waals surface area contributed by atoms with Crippen molar-refractivity contribution in [2.24, 2.45) is 0 Å². The number of hydrogen-bond acceptors (Lipinski definition) is 6. The second-order valence-corrected chi connectivity index (χ2v) is 10.2. The molecule has 32 heavy (non-hydrogen) atoms. The van der Waals surface area contributed by atoms with Crippen molar-refractivity contribution in [3.63, 3.8) is 0 Å². The number of carbonyl (C=O) groups is 1. The average Bonchev–Trinajstić information content (AvgIpc) is 2.82. The van der Waals surface area contributed by atoms with Crippen molar-refractivity contribution in [3.05, 3.63) is 59.7 Å². The fraction of sp³-hybridized carbons (Fsp3) is 0.435. The molecule has 1 fully saturated rings. The molecule has 172 valence electrons. The molecule has 0 radical (unpaired) electrons. The standard InChI is InChI=1S/C23H29N3O5S/c1-25-21(23(28)24-19(16-27)13-17-5-3-2-4-6-17)15-18-14-20(26-9-11-31-12-10-26)7-8-22(18)32(25,29)30/h2-8,14,19,21,27H,9-13,15-16H2,1H3,(H,24,28)/t19-,21-/m0/s1. The molecule has 2 aliphatic heterocycles. The van der Waals surface area contributed by atoms with Crippen molar-refractivity contribution in [3.8, 4) is 0 Å². The fourth-order valence-corrected chi connectivity index (χ4v) is 5.80. The molecular formula is C23H29N3O5S. The predicted molar refractivity (Wildman–Crippen MR) is 121 cm³/mol. The normalized spacial score (nSPS) is 21.6. The van der Waals surface area contributed by atoms with E-state index < -0.39 is 28.0 Å². The largest absolute Gasteiger partial charge is 0.394 e. The Hall–Kier alpha value is -2.46. The van der Waals surface area contributed by atoms with Crippen LogP contribution in [0.4, 0.5) is 5.69 Å². The van der Waals surface area contributed by atoms with Gasteiger partial charge in [-0.25, -0.2) is 8.42 Å². The third-order valence-electron chi connectivity index (χ3n) is 6.12. The number of carbonyl (C=O) groups excluding carboxylic acids is 1. The number of amides is 1. The zero-order chi connectivity index (χ0) is 22.7. The van der Waals surface area contributed by atoms with Gasteiger partial charge in [-0.15, -0.1) is 0 Å². The van der Waals surface area contributed by atoms with E-state index in [1.54, 1.807) is 6.07 Å². The van der Waals surface area contributed by atoms with Crippen molar-refractivity contribution in [2.75, 3.05) is 44.9 Å². The van der Waals surface area contributed by atoms with Gasteiger partial charge in [-0.2, -0.15) is 4.31 Å². The molecule has 0 aromatic heterocycles. The number of aliphatic hydroxyl groups excluding tert-OH is 1. The van der Waals surface area contributed by atoms with Gasteiger partial charge in [0, 0.05) is 25.8 Å². The quantitative estimate of drug-likeness (QED) is 0.663. The van der Waals surface area contributed by atoms with Gasteiger partial charge in [0.15, 0.2) is 0 Å². The van der Waals surface area contributed by atoms with Gasteiger partial charge in [0.05, 0.1) is 30.8 Å². The maximum atomic E-state index is 13.1. The topological polar surface area (TPSA) is 99.2 Å². The predicted octanol–water partition coefficient (Wildman–Crippen LogP) is 0.788. The van der Waals surface area contributed by atoms with E-state index in [2.05, 4.69) is 10.2 Å². The number of nitrogens with one attached hydrogen (secondary N) is 1. The molecule has 0 bridgehead atoms. The summed E-state index contributed by atoms with van der Waals surface area (Å²) in [6.45, 7) is 2.52. The molecule has 4 rings (SSSR count). The SMILES string of the molecule is CN1[C@H](C(=O)N[C@H](CO)Cc2ccccc2)Cc2cc(N3CCOCC3)ccc2S1(=O)=O. The average molecular weight is 460 g/mol. The maximum Gasteiger partial charge on any atom is 0.243 e. The summed E-state index contributed by atoms with van der Waals surface area (Å²) in [5, 5.41) is 12.6. The molecular weight excluding hydrogens is 430 g/mol. The fourth-order valence-electron chi connectivity index (χ4n) is 4.27. The summed E-state index contributed by atoms with van der Waals surface area (Å²) in [7, 11) is -2.36. The first-order valence-electron chi connectivity index (χ1n) is 10.8. The van der Waals surface area contributed by atoms with Crippen LogP contribution in [0.5, 0.6) is 0 Å². The molecule has 0 unspecified atom stereocenters. The van der Waals surface area contributed by atoms with Crippen LogP contribution in [-0.4, -0.2) is 75.8 Å². The number of aliphatic hydroxyl groups is 1. The Morgan fingerprint density at radius 3 is 2.59 bits per heavy atom. The zero-order valence-corrected chi connectivity index (χ0v) is 18.9. The highest BCUT2D eigenvalue weighted by atomic mass is 32.2. The van der Waals surface area contributed by atoms with Crippen LogP contribution < -0.4 is 10.2 Å². The number of hydrogen-bond donors (Lipinski definition) is 2. The van der Waals surface area contributed by atoms with Crippen LogP contribution in [0.15, 0.2) is 53.4 Å². The summed E-state index contributed by atoms with van der Waals surface area (Å²) in [6, 6.07) is 13.5. The summed E-state index contributed by atoms with van der Waals surface area (Å²) >= 11 is 0. The molecule has 2 heterocycles. The van der Waals surface area contributed by atoms with Gasteiger partial charge in [0.2, 0.25) is 15.9 Å². The highest BCUT2D eigenvalue weighted by Gasteiger charge is 2.40. The number of benzene rings is 2. The number of nitrogens with zero attached hydrogens (tertiary/aromatic N) is 2. The summed E-state index contributed by atoms with van der Waals surface area (Å²) in [5.41, 5.74) is 2.55. The van der Waals surface area contributed by atoms with E-state index in [1.165, 1.54) is 7.05 Å². The Morgan fingerprint density at radius 2 is 1.91 bits per heavy atom. The second kappa shape index (κ2) is 9.58. The van der Waals surface area contributed by atoms with Crippen molar-refractivity contribution < 1.29 is 23.1 Å². The molecule has 9 heteroatoms. The molecule has 0 spiro atoms. The highest BCUT2D eigenvalue weighted by Crippen LogP contribution is 2.32. The van der Waals surface area contributed by atoms with Gasteiger partial charge in [-0.1, -0.05) is 30.3 Å². The van der Waals surface area contributed by atoms with E-state index in [1.807, 2.05) is 42.5 Å². The van der Waals surface area contributed by atoms with E-state index in [-0.39, 0.29) is 17.9 Å². The first-order chi connectivity index (χ1) is 15.4. The van der Waals surface area contributed by atoms with Gasteiger partial charge in [-0.3, -0.25) is 4.79 Å². The van der Waals surface area contributed by atoms with E-state index >= 15 is 0 Å². The molecule has 2 aromatic rings. The molecule has 0 aliphatic carbocycles. The first-order valence-corrected chi connectivity index (χ1v) is 12.2. The van der Waals surface area contributed by atoms with Crippen LogP contribution in [0.1, 0.15) is 11.1 Å². The lowest BCUT2D eigenvalue weighted by atomic mass is 10.0. The van der Waals surface area contributed by atoms with Crippen LogP contribution >= 0.6 is 0 Å². The van der Waals surface area contributed by atoms with Crippen molar-refractivity contribution in [1.82, 2.24) is 9.62 Å². The Labute approximate surface area is 188 Å². The molecule has 2 N–H and O–H groups in total. The molecule has 2 aromatic carbocycles. The summed E-state index contributed by atoms with van der Waals surface area (Å²) < 4.78 is 32.8. The second-order valence-electron chi connectivity index (χ2n) is 8.21. The van der Waals surface area contributed by atoms with Crippen molar-refractivity contribution in [1.29, 1.82) is 0 Å². The van der Waals surface area contributed by atoms with Crippen LogP contribution in [0.3, 0.4) is 0 Å². The van der Waals surface area contributed by atoms with Gasteiger partial charge >= 0.3 is 0 Å². The number of anilines is 1. The zero-order valence-electron chi connectivity index (χ0n) is 18.1. The monoisotopic (exact) mass is 459 g/mol. The van der Waals surface area contributed by atoms with E-state index in [4.69, 9.17) is 4.74 Å². The number of rotatable bonds is 6. The van der Waals surface area contributed by atoms with Gasteiger partial charge in [-0.05, 0) is 42.2 Å². The Morgan fingerprint density at radius 1 is 1.19 bits per heavy atom. The Bertz CT molecular complexity index is 1050. The number of morpholine rings is 1. The molecule has 2 aliphatic rings. The van der Waals surface area contributed by atoms with Crippen molar-refractivity contribution >= 4 is 21.6 Å². The third-order valence-corrected chi connectivity index (χ3v) is 8.09. The molecule has 0 saturated carbocycles. The number of fused-ring (bicyclic) bond motifs is 1. The molecule has 1 saturated heterocycles. The maximum absolute atomic E-state index is 13.1. The minimum atomic E-state index is -3.80. The summed E-state index contributed by atoms with van der Waals surface area (Å²) in [4.78, 5) is 15.5. The number of likely N-dealkylation sites (N-methyl/N-ethyl adjacent to an activating group) is 1. The Balaban J connectivity index is 1.54. The summed E-state index contributed by atoms with van der Waals surface area (Å²) in [6.07, 6.45) is 0.739. The number of sulfonamides is 1. The van der Waals surface area contributed by atoms with E-state index in [0.29, 0.717) is 25.2 Å². The minimum absolute atomic E-state index is 0.235. The minimum Gasteiger partial charge on any atom is -0.394 e. The van der Waals surface area contributed by atoms with Crippen molar-refractivity contribution in [2.45, 2.75) is 29.8 Å².